The number of aromatic nitrogens is 1. The standard InChI is InChI=1S/C20H18N2O4/c23-20(19-11-15(22-26-19)10-14-6-2-1-3-7-14)21-12-16-13-24-17-8-4-5-9-18(17)25-16/h1-9,11,16H,10,12-13H2,(H,21,23). The molecular formula is C20H18N2O4. The second kappa shape index (κ2) is 7.31. The molecule has 3 aromatic rings. The summed E-state index contributed by atoms with van der Waals surface area (Å²) in [7, 11) is 0. The Balaban J connectivity index is 1.32. The van der Waals surface area contributed by atoms with E-state index < -0.39 is 0 Å². The Morgan fingerprint density at radius 1 is 1.08 bits per heavy atom. The van der Waals surface area contributed by atoms with Crippen molar-refractivity contribution < 1.29 is 18.8 Å². The van der Waals surface area contributed by atoms with Crippen LogP contribution in [0.5, 0.6) is 11.5 Å². The molecule has 0 spiro atoms. The summed E-state index contributed by atoms with van der Waals surface area (Å²) in [6.45, 7) is 0.703. The predicted molar refractivity (Wildman–Crippen MR) is 94.4 cm³/mol. The number of fused-ring (bicyclic) bond motifs is 1. The van der Waals surface area contributed by atoms with Crippen molar-refractivity contribution in [3.8, 4) is 11.5 Å². The van der Waals surface area contributed by atoms with Crippen LogP contribution in [0.4, 0.5) is 0 Å². The van der Waals surface area contributed by atoms with Gasteiger partial charge in [-0.1, -0.05) is 47.6 Å². The maximum atomic E-state index is 12.3. The molecule has 1 unspecified atom stereocenters. The zero-order valence-corrected chi connectivity index (χ0v) is 14.1. The van der Waals surface area contributed by atoms with E-state index in [-0.39, 0.29) is 17.8 Å². The lowest BCUT2D eigenvalue weighted by Gasteiger charge is -2.26. The normalized spacial score (nSPS) is 15.5. The first-order valence-corrected chi connectivity index (χ1v) is 8.44. The van der Waals surface area contributed by atoms with Crippen molar-refractivity contribution in [1.82, 2.24) is 10.5 Å². The summed E-state index contributed by atoms with van der Waals surface area (Å²) in [6.07, 6.45) is 0.370. The fourth-order valence-corrected chi connectivity index (χ4v) is 2.76. The molecule has 0 fully saturated rings. The Bertz CT molecular complexity index is 892. The smallest absolute Gasteiger partial charge is 0.290 e. The highest BCUT2D eigenvalue weighted by Gasteiger charge is 2.22. The predicted octanol–water partition coefficient (Wildman–Crippen LogP) is 2.84. The zero-order valence-electron chi connectivity index (χ0n) is 14.1. The molecule has 0 saturated carbocycles. The molecule has 1 aliphatic rings. The number of hydrogen-bond donors (Lipinski definition) is 1. The number of para-hydroxylation sites is 2. The van der Waals surface area contributed by atoms with Gasteiger partial charge < -0.3 is 19.3 Å². The van der Waals surface area contributed by atoms with E-state index in [1.807, 2.05) is 54.6 Å². The average molecular weight is 350 g/mol. The number of hydrogen-bond acceptors (Lipinski definition) is 5. The number of benzene rings is 2. The van der Waals surface area contributed by atoms with Crippen LogP contribution in [0.25, 0.3) is 0 Å². The molecule has 0 saturated heterocycles. The Hall–Kier alpha value is -3.28. The highest BCUT2D eigenvalue weighted by molar-refractivity contribution is 5.91. The molecule has 1 aliphatic heterocycles. The lowest BCUT2D eigenvalue weighted by atomic mass is 10.1. The first-order chi connectivity index (χ1) is 12.8. The summed E-state index contributed by atoms with van der Waals surface area (Å²) < 4.78 is 16.6. The number of rotatable bonds is 5. The van der Waals surface area contributed by atoms with Crippen LogP contribution < -0.4 is 14.8 Å². The van der Waals surface area contributed by atoms with Crippen molar-refractivity contribution in [2.24, 2.45) is 0 Å². The summed E-state index contributed by atoms with van der Waals surface area (Å²) in [5.74, 6) is 1.27. The molecule has 2 heterocycles. The third kappa shape index (κ3) is 3.69. The first-order valence-electron chi connectivity index (χ1n) is 8.44. The third-order valence-electron chi connectivity index (χ3n) is 4.07. The molecule has 1 N–H and O–H groups in total. The monoisotopic (exact) mass is 350 g/mol. The summed E-state index contributed by atoms with van der Waals surface area (Å²) in [5, 5.41) is 6.76. The molecule has 1 aromatic heterocycles. The van der Waals surface area contributed by atoms with Gasteiger partial charge in [0.2, 0.25) is 5.76 Å². The fraction of sp³-hybridized carbons (Fsp3) is 0.200. The minimum Gasteiger partial charge on any atom is -0.486 e. The number of carbonyl (C=O) groups excluding carboxylic acids is 1. The molecule has 26 heavy (non-hydrogen) atoms. The van der Waals surface area contributed by atoms with Gasteiger partial charge in [0.25, 0.3) is 5.91 Å². The van der Waals surface area contributed by atoms with Gasteiger partial charge in [-0.15, -0.1) is 0 Å². The zero-order chi connectivity index (χ0) is 17.8. The highest BCUT2D eigenvalue weighted by atomic mass is 16.6. The van der Waals surface area contributed by atoms with Crippen molar-refractivity contribution in [2.75, 3.05) is 13.2 Å². The summed E-state index contributed by atoms with van der Waals surface area (Å²) in [5.41, 5.74) is 1.83. The van der Waals surface area contributed by atoms with Crippen LogP contribution in [0.15, 0.2) is 65.2 Å². The van der Waals surface area contributed by atoms with Crippen molar-refractivity contribution in [3.63, 3.8) is 0 Å². The van der Waals surface area contributed by atoms with Crippen molar-refractivity contribution >= 4 is 5.91 Å². The van der Waals surface area contributed by atoms with Gasteiger partial charge >= 0.3 is 0 Å². The number of ether oxygens (including phenoxy) is 2. The van der Waals surface area contributed by atoms with E-state index in [1.54, 1.807) is 6.07 Å². The highest BCUT2D eigenvalue weighted by Crippen LogP contribution is 2.30. The fourth-order valence-electron chi connectivity index (χ4n) is 2.76. The van der Waals surface area contributed by atoms with Crippen LogP contribution in [0.1, 0.15) is 21.8 Å². The SMILES string of the molecule is O=C(NCC1COc2ccccc2O1)c1cc(Cc2ccccc2)no1. The van der Waals surface area contributed by atoms with Gasteiger partial charge in [-0.2, -0.15) is 0 Å². The maximum Gasteiger partial charge on any atom is 0.290 e. The van der Waals surface area contributed by atoms with Crippen molar-refractivity contribution in [2.45, 2.75) is 12.5 Å². The minimum atomic E-state index is -0.320. The van der Waals surface area contributed by atoms with Crippen LogP contribution >= 0.6 is 0 Å². The van der Waals surface area contributed by atoms with Gasteiger partial charge in [0, 0.05) is 12.5 Å². The quantitative estimate of drug-likeness (QED) is 0.766. The Kier molecular flexibility index (Phi) is 4.55. The van der Waals surface area contributed by atoms with Crippen LogP contribution in [0.2, 0.25) is 0 Å². The Morgan fingerprint density at radius 3 is 2.69 bits per heavy atom. The van der Waals surface area contributed by atoms with Crippen molar-refractivity contribution in [1.29, 1.82) is 0 Å². The van der Waals surface area contributed by atoms with Crippen molar-refractivity contribution in [3.05, 3.63) is 77.7 Å². The lowest BCUT2D eigenvalue weighted by Crippen LogP contribution is -2.40. The molecular weight excluding hydrogens is 332 g/mol. The summed E-state index contributed by atoms with van der Waals surface area (Å²) in [4.78, 5) is 12.3. The second-order valence-corrected chi connectivity index (χ2v) is 6.05. The number of nitrogens with one attached hydrogen (secondary N) is 1. The molecule has 6 nitrogen and oxygen atoms in total. The van der Waals surface area contributed by atoms with Gasteiger partial charge in [-0.25, -0.2) is 0 Å². The second-order valence-electron chi connectivity index (χ2n) is 6.05. The number of nitrogens with zero attached hydrogens (tertiary/aromatic N) is 1. The van der Waals surface area contributed by atoms with Crippen LogP contribution in [0, 0.1) is 0 Å². The molecule has 2 aromatic carbocycles. The number of amides is 1. The average Bonchev–Trinajstić information content (AvgIpc) is 3.15. The maximum absolute atomic E-state index is 12.3. The van der Waals surface area contributed by atoms with Gasteiger partial charge in [0.15, 0.2) is 11.5 Å². The van der Waals surface area contributed by atoms with Crippen LogP contribution in [-0.2, 0) is 6.42 Å². The van der Waals surface area contributed by atoms with Gasteiger partial charge in [-0.05, 0) is 17.7 Å². The third-order valence-corrected chi connectivity index (χ3v) is 4.07. The molecule has 1 amide bonds. The van der Waals surface area contributed by atoms with E-state index in [0.717, 1.165) is 11.3 Å². The largest absolute Gasteiger partial charge is 0.486 e. The lowest BCUT2D eigenvalue weighted by molar-refractivity contribution is 0.0768. The summed E-state index contributed by atoms with van der Waals surface area (Å²) in [6, 6.07) is 19.0. The van der Waals surface area contributed by atoms with E-state index in [9.17, 15) is 4.79 Å². The topological polar surface area (TPSA) is 73.6 Å². The van der Waals surface area contributed by atoms with Gasteiger partial charge in [-0.3, -0.25) is 4.79 Å². The molecule has 132 valence electrons. The molecule has 0 aliphatic carbocycles. The first kappa shape index (κ1) is 16.2. The van der Waals surface area contributed by atoms with Crippen LogP contribution in [0.3, 0.4) is 0 Å². The van der Waals surface area contributed by atoms with E-state index in [0.29, 0.717) is 31.0 Å². The van der Waals surface area contributed by atoms with E-state index >= 15 is 0 Å². The van der Waals surface area contributed by atoms with Gasteiger partial charge in [0.05, 0.1) is 12.2 Å². The van der Waals surface area contributed by atoms with E-state index in [1.165, 1.54) is 0 Å². The van der Waals surface area contributed by atoms with Crippen LogP contribution in [-0.4, -0.2) is 30.3 Å². The Labute approximate surface area is 150 Å². The van der Waals surface area contributed by atoms with Gasteiger partial charge in [0.1, 0.15) is 12.7 Å². The molecule has 4 rings (SSSR count). The summed E-state index contributed by atoms with van der Waals surface area (Å²) >= 11 is 0. The van der Waals surface area contributed by atoms with E-state index in [4.69, 9.17) is 14.0 Å². The molecule has 0 bridgehead atoms. The molecule has 6 heteroatoms. The minimum absolute atomic E-state index is 0.188. The Morgan fingerprint density at radius 2 is 1.85 bits per heavy atom. The molecule has 0 radical (unpaired) electrons. The van der Waals surface area contributed by atoms with E-state index in [2.05, 4.69) is 10.5 Å². The number of carbonyl (C=O) groups is 1. The molecule has 1 atom stereocenters.